The zero-order chi connectivity index (χ0) is 20.4. The molecule has 0 radical (unpaired) electrons. The number of rotatable bonds is 4. The van der Waals surface area contributed by atoms with Crippen molar-refractivity contribution in [3.8, 4) is 22.8 Å². The average molecular weight is 388 g/mol. The lowest BCUT2D eigenvalue weighted by Gasteiger charge is -2.08. The zero-order valence-electron chi connectivity index (χ0n) is 16.0. The predicted octanol–water partition coefficient (Wildman–Crippen LogP) is 2.89. The van der Waals surface area contributed by atoms with E-state index in [0.29, 0.717) is 35.0 Å². The fraction of sp³-hybridized carbons (Fsp3) is 0.150. The van der Waals surface area contributed by atoms with Gasteiger partial charge >= 0.3 is 6.03 Å². The van der Waals surface area contributed by atoms with Crippen LogP contribution in [0.3, 0.4) is 0 Å². The van der Waals surface area contributed by atoms with Gasteiger partial charge < -0.3 is 16.4 Å². The first-order valence-corrected chi connectivity index (χ1v) is 9.15. The molecular formula is C20H20N8O. The standard InChI is InChI=1S/C20H20N8O/c1-3-22-20(29)25-13-7-8-16-27-17(14-6-4-5-12(2)24-14)18(28(16)11-13)15-9-10-23-19(21)26-15/h4-11H,3H2,1-2H3,(H2,21,23,26)(H2,22,25,29). The number of urea groups is 1. The van der Waals surface area contributed by atoms with Crippen LogP contribution in [0.15, 0.2) is 48.8 Å². The highest BCUT2D eigenvalue weighted by Gasteiger charge is 2.19. The van der Waals surface area contributed by atoms with Crippen molar-refractivity contribution in [3.05, 3.63) is 54.5 Å². The number of carbonyl (C=O) groups excluding carboxylic acids is 1. The number of hydrogen-bond donors (Lipinski definition) is 3. The maximum Gasteiger partial charge on any atom is 0.319 e. The Labute approximate surface area is 167 Å². The van der Waals surface area contributed by atoms with Gasteiger partial charge in [-0.1, -0.05) is 6.07 Å². The van der Waals surface area contributed by atoms with Crippen LogP contribution in [0.4, 0.5) is 16.4 Å². The van der Waals surface area contributed by atoms with Crippen LogP contribution in [0.2, 0.25) is 0 Å². The van der Waals surface area contributed by atoms with E-state index in [4.69, 9.17) is 10.7 Å². The summed E-state index contributed by atoms with van der Waals surface area (Å²) < 4.78 is 1.86. The molecule has 4 aromatic rings. The van der Waals surface area contributed by atoms with Crippen molar-refractivity contribution in [2.45, 2.75) is 13.8 Å². The number of pyridine rings is 2. The van der Waals surface area contributed by atoms with Crippen LogP contribution < -0.4 is 16.4 Å². The molecule has 0 aliphatic carbocycles. The molecule has 4 N–H and O–H groups in total. The summed E-state index contributed by atoms with van der Waals surface area (Å²) in [4.78, 5) is 29.6. The van der Waals surface area contributed by atoms with Crippen LogP contribution in [0, 0.1) is 6.92 Å². The highest BCUT2D eigenvalue weighted by Crippen LogP contribution is 2.31. The van der Waals surface area contributed by atoms with Gasteiger partial charge in [0.2, 0.25) is 5.95 Å². The highest BCUT2D eigenvalue weighted by molar-refractivity contribution is 5.89. The van der Waals surface area contributed by atoms with Gasteiger partial charge in [0.15, 0.2) is 0 Å². The van der Waals surface area contributed by atoms with Crippen molar-refractivity contribution in [2.24, 2.45) is 0 Å². The van der Waals surface area contributed by atoms with Gasteiger partial charge in [-0.3, -0.25) is 9.38 Å². The highest BCUT2D eigenvalue weighted by atomic mass is 16.2. The molecule has 0 fully saturated rings. The summed E-state index contributed by atoms with van der Waals surface area (Å²) >= 11 is 0. The lowest BCUT2D eigenvalue weighted by atomic mass is 10.1. The number of anilines is 2. The Morgan fingerprint density at radius 1 is 1.10 bits per heavy atom. The second kappa shape index (κ2) is 7.55. The summed E-state index contributed by atoms with van der Waals surface area (Å²) in [5.41, 5.74) is 10.7. The number of aryl methyl sites for hydroxylation is 1. The quantitative estimate of drug-likeness (QED) is 0.494. The average Bonchev–Trinajstić information content (AvgIpc) is 3.07. The number of imidazole rings is 1. The molecule has 9 nitrogen and oxygen atoms in total. The largest absolute Gasteiger partial charge is 0.368 e. The fourth-order valence-electron chi connectivity index (χ4n) is 3.06. The van der Waals surface area contributed by atoms with E-state index in [1.54, 1.807) is 24.5 Å². The van der Waals surface area contributed by atoms with Crippen LogP contribution in [0.1, 0.15) is 12.6 Å². The lowest BCUT2D eigenvalue weighted by molar-refractivity contribution is 0.252. The minimum absolute atomic E-state index is 0.164. The van der Waals surface area contributed by atoms with E-state index in [2.05, 4.69) is 25.6 Å². The van der Waals surface area contributed by atoms with Crippen LogP contribution >= 0.6 is 0 Å². The number of carbonyl (C=O) groups is 1. The third-order valence-corrected chi connectivity index (χ3v) is 4.26. The van der Waals surface area contributed by atoms with Gasteiger partial charge in [-0.15, -0.1) is 0 Å². The van der Waals surface area contributed by atoms with E-state index < -0.39 is 0 Å². The first kappa shape index (κ1) is 18.4. The van der Waals surface area contributed by atoms with Crippen molar-refractivity contribution in [1.29, 1.82) is 0 Å². The molecule has 2 amide bonds. The van der Waals surface area contributed by atoms with Crippen LogP contribution in [-0.4, -0.2) is 36.9 Å². The first-order valence-electron chi connectivity index (χ1n) is 9.15. The Balaban J connectivity index is 1.92. The normalized spacial score (nSPS) is 10.8. The van der Waals surface area contributed by atoms with Crippen molar-refractivity contribution in [2.75, 3.05) is 17.6 Å². The van der Waals surface area contributed by atoms with E-state index in [1.807, 2.05) is 42.5 Å². The van der Waals surface area contributed by atoms with Gasteiger partial charge in [0.1, 0.15) is 17.0 Å². The molecule has 0 spiro atoms. The van der Waals surface area contributed by atoms with Crippen LogP contribution in [0.25, 0.3) is 28.4 Å². The Kier molecular flexibility index (Phi) is 4.78. The zero-order valence-corrected chi connectivity index (χ0v) is 16.0. The Hall–Kier alpha value is -4.01. The molecule has 9 heteroatoms. The van der Waals surface area contributed by atoms with E-state index >= 15 is 0 Å². The van der Waals surface area contributed by atoms with Gasteiger partial charge in [-0.2, -0.15) is 0 Å². The summed E-state index contributed by atoms with van der Waals surface area (Å²) in [5.74, 6) is 0.164. The van der Waals surface area contributed by atoms with E-state index in [-0.39, 0.29) is 12.0 Å². The monoisotopic (exact) mass is 388 g/mol. The van der Waals surface area contributed by atoms with E-state index in [1.165, 1.54) is 0 Å². The van der Waals surface area contributed by atoms with Gasteiger partial charge in [0, 0.05) is 24.6 Å². The number of fused-ring (bicyclic) bond motifs is 1. The smallest absolute Gasteiger partial charge is 0.319 e. The molecule has 0 unspecified atom stereocenters. The molecular weight excluding hydrogens is 368 g/mol. The molecule has 0 atom stereocenters. The number of nitrogen functional groups attached to an aromatic ring is 1. The molecule has 0 aromatic carbocycles. The maximum atomic E-state index is 11.9. The molecule has 146 valence electrons. The van der Waals surface area contributed by atoms with Gasteiger partial charge in [0.25, 0.3) is 0 Å². The van der Waals surface area contributed by atoms with Gasteiger partial charge in [0.05, 0.1) is 17.1 Å². The number of aromatic nitrogens is 5. The molecule has 0 saturated heterocycles. The summed E-state index contributed by atoms with van der Waals surface area (Å²) in [6.45, 7) is 4.32. The summed E-state index contributed by atoms with van der Waals surface area (Å²) in [7, 11) is 0. The number of nitrogens with one attached hydrogen (secondary N) is 2. The SMILES string of the molecule is CCNC(=O)Nc1ccc2nc(-c3cccc(C)n3)c(-c3ccnc(N)n3)n2c1. The minimum Gasteiger partial charge on any atom is -0.368 e. The number of hydrogen-bond acceptors (Lipinski definition) is 6. The van der Waals surface area contributed by atoms with E-state index in [9.17, 15) is 4.79 Å². The molecule has 4 aromatic heterocycles. The number of nitrogens with two attached hydrogens (primary N) is 1. The van der Waals surface area contributed by atoms with Crippen molar-refractivity contribution in [1.82, 2.24) is 29.7 Å². The topological polar surface area (TPSA) is 123 Å². The van der Waals surface area contributed by atoms with E-state index in [0.717, 1.165) is 11.4 Å². The minimum atomic E-state index is -0.277. The Morgan fingerprint density at radius 3 is 2.72 bits per heavy atom. The Bertz CT molecular complexity index is 1200. The van der Waals surface area contributed by atoms with Crippen molar-refractivity contribution < 1.29 is 4.79 Å². The predicted molar refractivity (Wildman–Crippen MR) is 111 cm³/mol. The van der Waals surface area contributed by atoms with Gasteiger partial charge in [-0.05, 0) is 44.2 Å². The van der Waals surface area contributed by atoms with Gasteiger partial charge in [-0.25, -0.2) is 19.7 Å². The number of nitrogens with zero attached hydrogens (tertiary/aromatic N) is 5. The summed E-state index contributed by atoms with van der Waals surface area (Å²) in [5, 5.41) is 5.52. The van der Waals surface area contributed by atoms with Crippen LogP contribution in [-0.2, 0) is 0 Å². The second-order valence-corrected chi connectivity index (χ2v) is 6.40. The van der Waals surface area contributed by atoms with Crippen LogP contribution in [0.5, 0.6) is 0 Å². The summed E-state index contributed by atoms with van der Waals surface area (Å²) in [6.07, 6.45) is 3.39. The molecule has 0 aliphatic heterocycles. The molecule has 4 heterocycles. The molecule has 0 bridgehead atoms. The molecule has 4 rings (SSSR count). The second-order valence-electron chi connectivity index (χ2n) is 6.40. The molecule has 29 heavy (non-hydrogen) atoms. The molecule has 0 saturated carbocycles. The fourth-order valence-corrected chi connectivity index (χ4v) is 3.06. The Morgan fingerprint density at radius 2 is 1.97 bits per heavy atom. The maximum absolute atomic E-state index is 11.9. The third-order valence-electron chi connectivity index (χ3n) is 4.26. The summed E-state index contributed by atoms with van der Waals surface area (Å²) in [6, 6.07) is 10.9. The lowest BCUT2D eigenvalue weighted by Crippen LogP contribution is -2.28. The number of amides is 2. The third kappa shape index (κ3) is 3.70. The molecule has 0 aliphatic rings. The van der Waals surface area contributed by atoms with Crippen molar-refractivity contribution >= 4 is 23.3 Å². The first-order chi connectivity index (χ1) is 14.0. The van der Waals surface area contributed by atoms with Crippen molar-refractivity contribution in [3.63, 3.8) is 0 Å².